The number of aliphatic carboxylic acids is 1. The molecular formula is C42H63NO5. The predicted octanol–water partition coefficient (Wildman–Crippen LogP) is 10.8. The van der Waals surface area contributed by atoms with E-state index in [1.807, 2.05) is 18.2 Å². The molecule has 1 amide bonds. The van der Waals surface area contributed by atoms with Gasteiger partial charge in [-0.25, -0.2) is 0 Å². The molecule has 0 fully saturated rings. The molecule has 0 rings (SSSR count). The summed E-state index contributed by atoms with van der Waals surface area (Å²) in [4.78, 5) is 34.8. The van der Waals surface area contributed by atoms with Crippen molar-refractivity contribution in [1.29, 1.82) is 0 Å². The van der Waals surface area contributed by atoms with Crippen LogP contribution in [0.4, 0.5) is 0 Å². The zero-order valence-corrected chi connectivity index (χ0v) is 29.8. The van der Waals surface area contributed by atoms with Gasteiger partial charge in [0.25, 0.3) is 0 Å². The Bertz CT molecular complexity index is 1090. The molecule has 0 radical (unpaired) electrons. The van der Waals surface area contributed by atoms with E-state index >= 15 is 0 Å². The zero-order chi connectivity index (χ0) is 35.2. The highest BCUT2D eigenvalue weighted by Gasteiger charge is 2.10. The second kappa shape index (κ2) is 35.9. The fourth-order valence-electron chi connectivity index (χ4n) is 4.38. The van der Waals surface area contributed by atoms with Crippen LogP contribution in [0, 0.1) is 0 Å². The summed E-state index contributed by atoms with van der Waals surface area (Å²) in [7, 11) is 0. The van der Waals surface area contributed by atoms with Gasteiger partial charge in [0.15, 0.2) is 0 Å². The van der Waals surface area contributed by atoms with Crippen molar-refractivity contribution in [2.75, 3.05) is 6.54 Å². The number of carbonyl (C=O) groups is 3. The fourth-order valence-corrected chi connectivity index (χ4v) is 4.38. The van der Waals surface area contributed by atoms with Gasteiger partial charge in [0, 0.05) is 6.42 Å². The van der Waals surface area contributed by atoms with Crippen molar-refractivity contribution in [2.24, 2.45) is 0 Å². The van der Waals surface area contributed by atoms with Crippen LogP contribution in [-0.4, -0.2) is 35.6 Å². The Hall–Kier alpha value is -3.93. The maximum Gasteiger partial charge on any atom is 0.322 e. The molecule has 0 aliphatic rings. The molecule has 0 aromatic carbocycles. The lowest BCUT2D eigenvalue weighted by atomic mass is 10.1. The number of hydrogen-bond donors (Lipinski definition) is 2. The van der Waals surface area contributed by atoms with E-state index in [1.165, 1.54) is 0 Å². The molecule has 2 N–H and O–H groups in total. The molecule has 0 aliphatic heterocycles. The van der Waals surface area contributed by atoms with E-state index in [2.05, 4.69) is 110 Å². The van der Waals surface area contributed by atoms with Gasteiger partial charge < -0.3 is 15.2 Å². The molecule has 0 saturated carbocycles. The van der Waals surface area contributed by atoms with Crippen LogP contribution in [0.2, 0.25) is 0 Å². The normalized spacial score (nSPS) is 13.4. The van der Waals surface area contributed by atoms with E-state index in [4.69, 9.17) is 9.84 Å². The third-order valence-corrected chi connectivity index (χ3v) is 6.96. The number of rotatable bonds is 30. The van der Waals surface area contributed by atoms with Crippen molar-refractivity contribution in [3.8, 4) is 0 Å². The number of carboxylic acids is 1. The van der Waals surface area contributed by atoms with Gasteiger partial charge in [-0.2, -0.15) is 0 Å². The first kappa shape index (κ1) is 44.1. The number of carboxylic acid groups (broad SMARTS) is 1. The van der Waals surface area contributed by atoms with E-state index < -0.39 is 5.97 Å². The van der Waals surface area contributed by atoms with Crippen molar-refractivity contribution < 1.29 is 24.2 Å². The summed E-state index contributed by atoms with van der Waals surface area (Å²) >= 11 is 0. The van der Waals surface area contributed by atoms with Gasteiger partial charge in [-0.3, -0.25) is 14.4 Å². The monoisotopic (exact) mass is 661 g/mol. The minimum atomic E-state index is -1.04. The van der Waals surface area contributed by atoms with Crippen LogP contribution < -0.4 is 5.32 Å². The quantitative estimate of drug-likeness (QED) is 0.0454. The second-order valence-electron chi connectivity index (χ2n) is 11.4. The standard InChI is InChI=1S/C42H63NO5/c1-3-5-7-9-11-13-15-16-17-18-20-22-24-29-33-37-42(47)48-39(34-30-26-23-21-19-14-12-10-8-6-4-2)35-31-27-25-28-32-36-40(44)43-38-41(45)46/h5-8,11-14,16-17,20-23,29-30,33-34,39H,3-4,9-10,15,18-19,24-28,31-32,35-38H2,1-2H3,(H,43,44)(H,45,46)/b7-5-,8-6-,13-11-,14-12-,17-16-,22-20-,23-21-,33-29-,34-30-. The van der Waals surface area contributed by atoms with E-state index in [9.17, 15) is 14.4 Å². The Labute approximate surface area is 291 Å². The van der Waals surface area contributed by atoms with Gasteiger partial charge in [-0.15, -0.1) is 0 Å². The number of hydrogen-bond acceptors (Lipinski definition) is 4. The number of nitrogens with one attached hydrogen (secondary N) is 1. The van der Waals surface area contributed by atoms with Crippen LogP contribution in [-0.2, 0) is 19.1 Å². The number of allylic oxidation sites excluding steroid dienone is 16. The highest BCUT2D eigenvalue weighted by Crippen LogP contribution is 2.13. The van der Waals surface area contributed by atoms with Crippen LogP contribution in [0.3, 0.4) is 0 Å². The van der Waals surface area contributed by atoms with E-state index in [0.29, 0.717) is 6.42 Å². The molecule has 6 heteroatoms. The first-order valence-corrected chi connectivity index (χ1v) is 18.0. The van der Waals surface area contributed by atoms with Gasteiger partial charge in [0.2, 0.25) is 5.91 Å². The molecule has 0 saturated heterocycles. The van der Waals surface area contributed by atoms with Gasteiger partial charge in [-0.1, -0.05) is 136 Å². The van der Waals surface area contributed by atoms with Crippen LogP contribution in [0.5, 0.6) is 0 Å². The molecule has 0 bridgehead atoms. The summed E-state index contributed by atoms with van der Waals surface area (Å²) in [6.07, 6.45) is 52.3. The number of amides is 1. The number of esters is 1. The minimum Gasteiger partial charge on any atom is -0.480 e. The van der Waals surface area contributed by atoms with Crippen molar-refractivity contribution >= 4 is 17.8 Å². The Kier molecular flexibility index (Phi) is 33.0. The van der Waals surface area contributed by atoms with Crippen molar-refractivity contribution in [3.05, 3.63) is 109 Å². The SMILES string of the molecule is CC/C=C\C/C=C\C/C=C\C/C=C\C/C=C\CC(=O)OC(/C=C\C/C=C\C/C=C\C/C=C\CC)CCCCCCCC(=O)NCC(=O)O. The molecule has 1 unspecified atom stereocenters. The molecule has 0 heterocycles. The van der Waals surface area contributed by atoms with E-state index in [0.717, 1.165) is 96.3 Å². The fraction of sp³-hybridized carbons (Fsp3) is 0.500. The summed E-state index contributed by atoms with van der Waals surface area (Å²) in [5, 5.41) is 11.0. The lowest BCUT2D eigenvalue weighted by Gasteiger charge is -2.14. The van der Waals surface area contributed by atoms with Crippen molar-refractivity contribution in [3.63, 3.8) is 0 Å². The average Bonchev–Trinajstić information content (AvgIpc) is 3.07. The summed E-state index contributed by atoms with van der Waals surface area (Å²) in [6, 6.07) is 0. The Morgan fingerprint density at radius 2 is 0.979 bits per heavy atom. The zero-order valence-electron chi connectivity index (χ0n) is 29.8. The Balaban J connectivity index is 4.54. The topological polar surface area (TPSA) is 92.7 Å². The summed E-state index contributed by atoms with van der Waals surface area (Å²) in [5.74, 6) is -1.49. The molecular weight excluding hydrogens is 598 g/mol. The highest BCUT2D eigenvalue weighted by molar-refractivity contribution is 5.80. The number of carbonyl (C=O) groups excluding carboxylic acids is 2. The Morgan fingerprint density at radius 3 is 1.46 bits per heavy atom. The number of ether oxygens (including phenoxy) is 1. The molecule has 0 aromatic heterocycles. The Morgan fingerprint density at radius 1 is 0.562 bits per heavy atom. The second-order valence-corrected chi connectivity index (χ2v) is 11.4. The highest BCUT2D eigenvalue weighted by atomic mass is 16.5. The van der Waals surface area contributed by atoms with Gasteiger partial charge in [-0.05, 0) is 83.1 Å². The maximum atomic E-state index is 12.6. The van der Waals surface area contributed by atoms with Crippen molar-refractivity contribution in [2.45, 2.75) is 129 Å². The average molecular weight is 662 g/mol. The molecule has 0 aliphatic carbocycles. The molecule has 48 heavy (non-hydrogen) atoms. The third kappa shape index (κ3) is 34.9. The first-order chi connectivity index (χ1) is 23.5. The molecule has 266 valence electrons. The third-order valence-electron chi connectivity index (χ3n) is 6.96. The smallest absolute Gasteiger partial charge is 0.322 e. The van der Waals surface area contributed by atoms with Gasteiger partial charge in [0.05, 0.1) is 6.42 Å². The van der Waals surface area contributed by atoms with Crippen LogP contribution in [0.1, 0.15) is 123 Å². The molecule has 0 spiro atoms. The van der Waals surface area contributed by atoms with E-state index in [-0.39, 0.29) is 30.9 Å². The van der Waals surface area contributed by atoms with E-state index in [1.54, 1.807) is 0 Å². The lowest BCUT2D eigenvalue weighted by molar-refractivity contribution is -0.146. The summed E-state index contributed by atoms with van der Waals surface area (Å²) in [6.45, 7) is 3.94. The van der Waals surface area contributed by atoms with Gasteiger partial charge >= 0.3 is 11.9 Å². The molecule has 1 atom stereocenters. The maximum absolute atomic E-state index is 12.6. The summed E-state index contributed by atoms with van der Waals surface area (Å²) < 4.78 is 5.81. The summed E-state index contributed by atoms with van der Waals surface area (Å²) in [5.41, 5.74) is 0. The first-order valence-electron chi connectivity index (χ1n) is 18.0. The van der Waals surface area contributed by atoms with Crippen LogP contribution in [0.25, 0.3) is 0 Å². The van der Waals surface area contributed by atoms with Gasteiger partial charge in [0.1, 0.15) is 12.6 Å². The number of unbranched alkanes of at least 4 members (excludes halogenated alkanes) is 4. The minimum absolute atomic E-state index is 0.226. The van der Waals surface area contributed by atoms with Crippen molar-refractivity contribution in [1.82, 2.24) is 5.32 Å². The largest absolute Gasteiger partial charge is 0.480 e. The molecule has 0 aromatic rings. The molecule has 6 nitrogen and oxygen atoms in total. The lowest BCUT2D eigenvalue weighted by Crippen LogP contribution is -2.28. The predicted molar refractivity (Wildman–Crippen MR) is 203 cm³/mol. The van der Waals surface area contributed by atoms with Crippen LogP contribution >= 0.6 is 0 Å². The van der Waals surface area contributed by atoms with Crippen LogP contribution in [0.15, 0.2) is 109 Å².